The van der Waals surface area contributed by atoms with Gasteiger partial charge in [0.15, 0.2) is 57.9 Å². The van der Waals surface area contributed by atoms with Crippen LogP contribution in [0.5, 0.6) is 23.0 Å². The maximum Gasteiger partial charge on any atom is 0.181 e. The summed E-state index contributed by atoms with van der Waals surface area (Å²) in [6.07, 6.45) is 0. The van der Waals surface area contributed by atoms with Crippen LogP contribution in [0.15, 0.2) is 194 Å². The normalized spacial score (nSPS) is 11.7. The fourth-order valence-electron chi connectivity index (χ4n) is 7.95. The molecular weight excluding hydrogens is 797 g/mol. The van der Waals surface area contributed by atoms with E-state index in [0.29, 0.717) is 69.1 Å². The van der Waals surface area contributed by atoms with Gasteiger partial charge in [0.25, 0.3) is 0 Å². The van der Waals surface area contributed by atoms with Crippen molar-refractivity contribution in [1.82, 2.24) is 29.9 Å². The van der Waals surface area contributed by atoms with E-state index in [0.717, 1.165) is 38.1 Å². The van der Waals surface area contributed by atoms with E-state index in [9.17, 15) is 0 Å². The molecule has 0 fully saturated rings. The molecule has 12 rings (SSSR count). The largest absolute Gasteiger partial charge is 0.449 e. The number of benzene rings is 8. The third-order valence-electron chi connectivity index (χ3n) is 11.1. The molecule has 0 spiro atoms. The van der Waals surface area contributed by atoms with E-state index >= 15 is 0 Å². The zero-order chi connectivity index (χ0) is 41.7. The summed E-state index contributed by atoms with van der Waals surface area (Å²) in [7, 11) is 0. The Bertz CT molecular complexity index is 3510. The highest BCUT2D eigenvalue weighted by Gasteiger charge is 2.29. The Kier molecular flexibility index (Phi) is 8.83. The molecule has 1 aliphatic rings. The first kappa shape index (κ1) is 36.5. The quantitative estimate of drug-likeness (QED) is 0.157. The summed E-state index contributed by atoms with van der Waals surface area (Å²) in [5.41, 5.74) is 6.93. The first-order valence-corrected chi connectivity index (χ1v) is 21.3. The lowest BCUT2D eigenvalue weighted by Gasteiger charge is -2.24. The van der Waals surface area contributed by atoms with Crippen molar-refractivity contribution in [3.05, 3.63) is 194 Å². The van der Waals surface area contributed by atoms with Crippen molar-refractivity contribution in [3.63, 3.8) is 0 Å². The van der Waals surface area contributed by atoms with E-state index in [1.54, 1.807) is 11.3 Å². The average molecular weight is 829 g/mol. The fourth-order valence-corrected chi connectivity index (χ4v) is 9.09. The number of hydrogen-bond acceptors (Lipinski definition) is 9. The molecule has 0 bridgehead atoms. The Hall–Kier alpha value is -8.40. The molecule has 296 valence electrons. The molecule has 0 unspecified atom stereocenters. The van der Waals surface area contributed by atoms with Crippen LogP contribution in [0.25, 0.3) is 99.6 Å². The molecule has 0 saturated carbocycles. The van der Waals surface area contributed by atoms with Gasteiger partial charge >= 0.3 is 0 Å². The van der Waals surface area contributed by atoms with Crippen molar-refractivity contribution in [2.24, 2.45) is 0 Å². The molecule has 11 aromatic rings. The summed E-state index contributed by atoms with van der Waals surface area (Å²) < 4.78 is 16.0. The number of hydrogen-bond donors (Lipinski definition) is 0. The van der Waals surface area contributed by atoms with Gasteiger partial charge in [0.1, 0.15) is 0 Å². The molecule has 0 saturated heterocycles. The van der Waals surface area contributed by atoms with Crippen LogP contribution in [0, 0.1) is 0 Å². The first-order valence-electron chi connectivity index (χ1n) is 20.5. The second-order valence-electron chi connectivity index (χ2n) is 15.1. The van der Waals surface area contributed by atoms with E-state index in [1.165, 1.54) is 15.5 Å². The van der Waals surface area contributed by atoms with Crippen LogP contribution < -0.4 is 9.47 Å². The lowest BCUT2D eigenvalue weighted by atomic mass is 10.0. The monoisotopic (exact) mass is 828 g/mol. The predicted octanol–water partition coefficient (Wildman–Crippen LogP) is 14.0. The molecule has 4 heterocycles. The topological polar surface area (TPSA) is 95.8 Å². The molecule has 0 atom stereocenters. The van der Waals surface area contributed by atoms with Gasteiger partial charge in [-0.3, -0.25) is 0 Å². The highest BCUT2D eigenvalue weighted by Crippen LogP contribution is 2.53. The Morgan fingerprint density at radius 1 is 0.286 bits per heavy atom. The van der Waals surface area contributed by atoms with Gasteiger partial charge in [0.05, 0.1) is 11.1 Å². The Labute approximate surface area is 365 Å². The van der Waals surface area contributed by atoms with Crippen LogP contribution in [0.3, 0.4) is 0 Å². The molecule has 0 amide bonds. The maximum absolute atomic E-state index is 6.80. The Balaban J connectivity index is 1.04. The highest BCUT2D eigenvalue weighted by atomic mass is 32.1. The number of aromatic nitrogens is 6. The van der Waals surface area contributed by atoms with Crippen molar-refractivity contribution in [1.29, 1.82) is 0 Å². The Morgan fingerprint density at radius 2 is 0.667 bits per heavy atom. The minimum absolute atomic E-state index is 0.426. The molecular formula is C54H32N6O2S. The lowest BCUT2D eigenvalue weighted by molar-refractivity contribution is 0.361. The minimum atomic E-state index is 0.426. The molecule has 8 nitrogen and oxygen atoms in total. The second-order valence-corrected chi connectivity index (χ2v) is 16.2. The minimum Gasteiger partial charge on any atom is -0.449 e. The first-order chi connectivity index (χ1) is 31.2. The molecule has 1 aliphatic heterocycles. The smallest absolute Gasteiger partial charge is 0.181 e. The lowest BCUT2D eigenvalue weighted by Crippen LogP contribution is -2.07. The standard InChI is InChI=1S/C54H32N6O2S/c1-4-14-33(15-5-1)34-24-26-37(27-25-34)51-55-49(35-16-6-2-7-17-35)57-53(59-51)41-30-31-42(48-47(41)61-43-21-11-12-22-44(43)62-48)54-58-50(36-18-8-3-9-19-36)56-52(60-54)38-28-29-40-39-20-10-13-23-45(39)63-46(40)32-38/h1-32H. The van der Waals surface area contributed by atoms with Crippen molar-refractivity contribution in [2.45, 2.75) is 0 Å². The number of ether oxygens (including phenoxy) is 2. The molecule has 8 aromatic carbocycles. The van der Waals surface area contributed by atoms with Crippen molar-refractivity contribution in [2.75, 3.05) is 0 Å². The van der Waals surface area contributed by atoms with Crippen molar-refractivity contribution >= 4 is 31.5 Å². The average Bonchev–Trinajstić information content (AvgIpc) is 3.74. The van der Waals surface area contributed by atoms with Crippen LogP contribution in [-0.4, -0.2) is 29.9 Å². The van der Waals surface area contributed by atoms with Crippen LogP contribution >= 0.6 is 11.3 Å². The molecule has 0 aliphatic carbocycles. The predicted molar refractivity (Wildman–Crippen MR) is 251 cm³/mol. The molecule has 0 N–H and O–H groups in total. The third-order valence-corrected chi connectivity index (χ3v) is 12.2. The Morgan fingerprint density at radius 3 is 1.22 bits per heavy atom. The summed E-state index contributed by atoms with van der Waals surface area (Å²) in [5, 5.41) is 2.43. The second kappa shape index (κ2) is 15.3. The molecule has 3 aromatic heterocycles. The number of rotatable bonds is 7. The molecule has 63 heavy (non-hydrogen) atoms. The highest BCUT2D eigenvalue weighted by molar-refractivity contribution is 7.25. The summed E-state index contributed by atoms with van der Waals surface area (Å²) in [4.78, 5) is 30.5. The van der Waals surface area contributed by atoms with Gasteiger partial charge in [-0.15, -0.1) is 11.3 Å². The number of para-hydroxylation sites is 2. The summed E-state index contributed by atoms with van der Waals surface area (Å²) in [6, 6.07) is 64.9. The van der Waals surface area contributed by atoms with Crippen LogP contribution in [0.2, 0.25) is 0 Å². The fraction of sp³-hybridized carbons (Fsp3) is 0. The number of thiophene rings is 1. The van der Waals surface area contributed by atoms with E-state index in [2.05, 4.69) is 66.7 Å². The van der Waals surface area contributed by atoms with Gasteiger partial charge in [0.2, 0.25) is 0 Å². The molecule has 9 heteroatoms. The number of fused-ring (bicyclic) bond motifs is 5. The van der Waals surface area contributed by atoms with Crippen molar-refractivity contribution < 1.29 is 9.47 Å². The zero-order valence-electron chi connectivity index (χ0n) is 33.4. The summed E-state index contributed by atoms with van der Waals surface area (Å²) in [6.45, 7) is 0. The van der Waals surface area contributed by atoms with E-state index in [4.69, 9.17) is 39.4 Å². The van der Waals surface area contributed by atoms with Crippen molar-refractivity contribution in [3.8, 4) is 102 Å². The van der Waals surface area contributed by atoms with Crippen LogP contribution in [0.1, 0.15) is 0 Å². The van der Waals surface area contributed by atoms with Gasteiger partial charge in [-0.05, 0) is 47.5 Å². The third kappa shape index (κ3) is 6.73. The van der Waals surface area contributed by atoms with Gasteiger partial charge in [-0.25, -0.2) is 29.9 Å². The number of nitrogens with zero attached hydrogens (tertiary/aromatic N) is 6. The maximum atomic E-state index is 6.80. The van der Waals surface area contributed by atoms with E-state index < -0.39 is 0 Å². The van der Waals surface area contributed by atoms with Gasteiger partial charge in [0, 0.05) is 42.4 Å². The van der Waals surface area contributed by atoms with Gasteiger partial charge < -0.3 is 9.47 Å². The summed E-state index contributed by atoms with van der Waals surface area (Å²) >= 11 is 1.76. The van der Waals surface area contributed by atoms with Gasteiger partial charge in [-0.1, -0.05) is 158 Å². The summed E-state index contributed by atoms with van der Waals surface area (Å²) in [5.74, 6) is 5.01. The van der Waals surface area contributed by atoms with Crippen LogP contribution in [0.4, 0.5) is 0 Å². The van der Waals surface area contributed by atoms with Crippen LogP contribution in [-0.2, 0) is 0 Å². The van der Waals surface area contributed by atoms with E-state index in [1.807, 2.05) is 127 Å². The van der Waals surface area contributed by atoms with E-state index in [-0.39, 0.29) is 0 Å². The van der Waals surface area contributed by atoms with Gasteiger partial charge in [-0.2, -0.15) is 0 Å². The zero-order valence-corrected chi connectivity index (χ0v) is 34.2. The SMILES string of the molecule is c1ccc(-c2ccc(-c3nc(-c4ccccc4)nc(-c4ccc(-c5nc(-c6ccccc6)nc(-c6ccc7c(c6)sc6ccccc67)n5)c5c4Oc4ccccc4O5)n3)cc2)cc1. The molecule has 0 radical (unpaired) electrons.